The summed E-state index contributed by atoms with van der Waals surface area (Å²) in [6, 6.07) is 8.49. The van der Waals surface area contributed by atoms with E-state index in [0.717, 1.165) is 30.7 Å². The van der Waals surface area contributed by atoms with Gasteiger partial charge in [0, 0.05) is 87.7 Å². The maximum absolute atomic E-state index is 16.0. The Morgan fingerprint density at radius 3 is 2.29 bits per heavy atom. The molecule has 0 bridgehead atoms. The summed E-state index contributed by atoms with van der Waals surface area (Å²) in [5.74, 6) is -4.29. The minimum atomic E-state index is -3.83. The Morgan fingerprint density at radius 2 is 1.69 bits per heavy atom. The van der Waals surface area contributed by atoms with Gasteiger partial charge in [-0.2, -0.15) is 4.31 Å². The van der Waals surface area contributed by atoms with E-state index in [2.05, 4.69) is 10.3 Å². The molecule has 3 aliphatic heterocycles. The monoisotopic (exact) mass is 751 g/mol. The van der Waals surface area contributed by atoms with Crippen molar-refractivity contribution in [2.24, 2.45) is 23.3 Å². The van der Waals surface area contributed by atoms with Gasteiger partial charge in [-0.25, -0.2) is 22.2 Å². The van der Waals surface area contributed by atoms with Crippen molar-refractivity contribution in [2.45, 2.75) is 61.8 Å². The van der Waals surface area contributed by atoms with E-state index in [4.69, 9.17) is 23.1 Å². The Kier molecular flexibility index (Phi) is 11.5. The molecule has 3 saturated heterocycles. The number of carbonyl (C=O) groups is 2. The van der Waals surface area contributed by atoms with Crippen LogP contribution in [0.5, 0.6) is 0 Å². The molecule has 12 nitrogen and oxygen atoms in total. The van der Waals surface area contributed by atoms with Crippen LogP contribution in [0.25, 0.3) is 0 Å². The molecular weight excluding hydrogens is 702 g/mol. The highest BCUT2D eigenvalue weighted by atomic mass is 35.5. The van der Waals surface area contributed by atoms with Crippen LogP contribution in [-0.4, -0.2) is 112 Å². The summed E-state index contributed by atoms with van der Waals surface area (Å²) in [5, 5.41) is 3.00. The van der Waals surface area contributed by atoms with Gasteiger partial charge in [-0.15, -0.1) is 0 Å². The summed E-state index contributed by atoms with van der Waals surface area (Å²) in [5.41, 5.74) is 12.1. The number of nitrogens with two attached hydrogens (primary N) is 2. The van der Waals surface area contributed by atoms with Crippen LogP contribution in [0.4, 0.5) is 20.3 Å². The first-order valence-electron chi connectivity index (χ1n) is 18.1. The lowest BCUT2D eigenvalue weighted by atomic mass is 9.77. The number of anilines is 2. The number of aromatic nitrogens is 1. The number of piperazine rings is 1. The van der Waals surface area contributed by atoms with Crippen LogP contribution in [0.2, 0.25) is 5.15 Å². The lowest BCUT2D eigenvalue weighted by Gasteiger charge is -2.36. The Bertz CT molecular complexity index is 1660. The third-order valence-corrected chi connectivity index (χ3v) is 13.4. The van der Waals surface area contributed by atoms with Crippen molar-refractivity contribution in [2.75, 3.05) is 81.8 Å². The van der Waals surface area contributed by atoms with E-state index in [9.17, 15) is 18.0 Å². The van der Waals surface area contributed by atoms with Crippen LogP contribution in [0, 0.1) is 11.8 Å². The zero-order chi connectivity index (χ0) is 36.4. The standard InChI is InChI=1S/C35H49ClF2N8O4S/c36-31-21-27(35(37,38)26-5-3-25(4-6-26)34(48)41-12-20-46(19-11-39)17-1-2-18-46)22-32(42-31)43-13-15-44(16-14-43)51(49,50)30-9-7-29(8-10-30)45-24-28(40)23-33(45)47/h7-10,21-22,25-26,28H,1-6,11-20,23-24,39-40H2/p+1/t25?,26?,28-/m1/s1. The molecular formula is C35H50ClF2N8O4S+. The molecule has 1 aliphatic carbocycles. The number of alkyl halides is 2. The van der Waals surface area contributed by atoms with Crippen molar-refractivity contribution in [1.82, 2.24) is 14.6 Å². The topological polar surface area (TPSA) is 155 Å². The number of pyridine rings is 1. The van der Waals surface area contributed by atoms with Gasteiger partial charge >= 0.3 is 0 Å². The second kappa shape index (κ2) is 15.6. The number of benzene rings is 1. The zero-order valence-electron chi connectivity index (χ0n) is 29.0. The third-order valence-electron chi connectivity index (χ3n) is 11.3. The van der Waals surface area contributed by atoms with E-state index in [0.29, 0.717) is 38.2 Å². The normalized spacial score (nSPS) is 24.6. The lowest BCUT2D eigenvalue weighted by Crippen LogP contribution is -2.52. The molecule has 51 heavy (non-hydrogen) atoms. The molecule has 0 radical (unpaired) electrons. The van der Waals surface area contributed by atoms with Crippen LogP contribution in [-0.2, 0) is 25.5 Å². The molecule has 0 spiro atoms. The van der Waals surface area contributed by atoms with Crippen LogP contribution >= 0.6 is 11.6 Å². The van der Waals surface area contributed by atoms with Gasteiger partial charge in [0.15, 0.2) is 0 Å². The summed E-state index contributed by atoms with van der Waals surface area (Å²) >= 11 is 6.29. The molecule has 2 aromatic rings. The van der Waals surface area contributed by atoms with Gasteiger partial charge in [-0.05, 0) is 62.1 Å². The van der Waals surface area contributed by atoms with Gasteiger partial charge in [-0.1, -0.05) is 11.6 Å². The van der Waals surface area contributed by atoms with E-state index in [1.54, 1.807) is 21.9 Å². The lowest BCUT2D eigenvalue weighted by molar-refractivity contribution is -0.914. The van der Waals surface area contributed by atoms with E-state index in [-0.39, 0.29) is 90.6 Å². The predicted octanol–water partition coefficient (Wildman–Crippen LogP) is 2.89. The first-order valence-corrected chi connectivity index (χ1v) is 19.9. The molecule has 280 valence electrons. The number of quaternary nitrogens is 1. The maximum Gasteiger partial charge on any atom is 0.276 e. The molecule has 6 rings (SSSR count). The fourth-order valence-corrected chi connectivity index (χ4v) is 9.91. The summed E-state index contributed by atoms with van der Waals surface area (Å²) in [6.07, 6.45) is 3.82. The minimum Gasteiger partial charge on any atom is -0.354 e. The van der Waals surface area contributed by atoms with E-state index < -0.39 is 21.9 Å². The Morgan fingerprint density at radius 1 is 1.02 bits per heavy atom. The van der Waals surface area contributed by atoms with Gasteiger partial charge in [0.25, 0.3) is 5.92 Å². The molecule has 0 unspecified atom stereocenters. The van der Waals surface area contributed by atoms with E-state index in [1.807, 2.05) is 0 Å². The van der Waals surface area contributed by atoms with Crippen molar-refractivity contribution in [3.05, 3.63) is 47.1 Å². The molecule has 4 fully saturated rings. The van der Waals surface area contributed by atoms with Crippen LogP contribution in [0.3, 0.4) is 0 Å². The Balaban J connectivity index is 1.02. The van der Waals surface area contributed by atoms with Crippen molar-refractivity contribution in [3.63, 3.8) is 0 Å². The van der Waals surface area contributed by atoms with Crippen LogP contribution in [0.15, 0.2) is 41.3 Å². The number of hydrogen-bond donors (Lipinski definition) is 3. The van der Waals surface area contributed by atoms with Crippen LogP contribution in [0.1, 0.15) is 50.5 Å². The highest BCUT2D eigenvalue weighted by Crippen LogP contribution is 2.46. The number of rotatable bonds is 12. The van der Waals surface area contributed by atoms with Crippen molar-refractivity contribution in [3.8, 4) is 0 Å². The number of nitrogens with zero attached hydrogens (tertiary/aromatic N) is 5. The highest BCUT2D eigenvalue weighted by Gasteiger charge is 2.45. The number of likely N-dealkylation sites (tertiary alicyclic amines) is 1. The number of hydrogen-bond acceptors (Lipinski definition) is 8. The van der Waals surface area contributed by atoms with Gasteiger partial charge in [0.1, 0.15) is 11.0 Å². The molecule has 4 aliphatic rings. The summed E-state index contributed by atoms with van der Waals surface area (Å²) in [7, 11) is -3.83. The highest BCUT2D eigenvalue weighted by molar-refractivity contribution is 7.89. The van der Waals surface area contributed by atoms with Gasteiger partial charge in [-0.3, -0.25) is 9.59 Å². The number of nitrogens with one attached hydrogen (secondary N) is 1. The number of carbonyl (C=O) groups excluding carboxylic acids is 2. The SMILES string of the molecule is NCC[N+]1(CCNC(=O)C2CCC(C(F)(F)c3cc(Cl)nc(N4CCN(S(=O)(=O)c5ccc(N6C[C@H](N)CC6=O)cc5)CC4)c3)CC2)CCCC1. The van der Waals surface area contributed by atoms with Crippen molar-refractivity contribution in [1.29, 1.82) is 0 Å². The molecule has 2 amide bonds. The number of halogens is 3. The average Bonchev–Trinajstić information content (AvgIpc) is 3.73. The van der Waals surface area contributed by atoms with E-state index in [1.165, 1.54) is 41.4 Å². The molecule has 1 aromatic heterocycles. The third kappa shape index (κ3) is 8.33. The van der Waals surface area contributed by atoms with Crippen molar-refractivity contribution >= 4 is 44.9 Å². The molecule has 1 aromatic carbocycles. The molecule has 1 saturated carbocycles. The van der Waals surface area contributed by atoms with E-state index >= 15 is 8.78 Å². The minimum absolute atomic E-state index is 0.0574. The second-order valence-electron chi connectivity index (χ2n) is 14.6. The smallest absolute Gasteiger partial charge is 0.276 e. The van der Waals surface area contributed by atoms with Gasteiger partial charge < -0.3 is 31.1 Å². The fourth-order valence-electron chi connectivity index (χ4n) is 8.28. The fraction of sp³-hybridized carbons (Fsp3) is 0.629. The molecule has 5 N–H and O–H groups in total. The Hall–Kier alpha value is -2.95. The predicted molar refractivity (Wildman–Crippen MR) is 192 cm³/mol. The number of amides is 2. The largest absolute Gasteiger partial charge is 0.354 e. The quantitative estimate of drug-likeness (QED) is 0.221. The maximum atomic E-state index is 16.0. The molecule has 1 atom stereocenters. The van der Waals surface area contributed by atoms with Gasteiger partial charge in [0.2, 0.25) is 21.8 Å². The first kappa shape index (κ1) is 37.8. The Labute approximate surface area is 304 Å². The zero-order valence-corrected chi connectivity index (χ0v) is 30.6. The van der Waals surface area contributed by atoms with Gasteiger partial charge in [0.05, 0.1) is 37.6 Å². The van der Waals surface area contributed by atoms with Crippen LogP contribution < -0.4 is 26.6 Å². The molecule has 16 heteroatoms. The number of sulfonamides is 1. The summed E-state index contributed by atoms with van der Waals surface area (Å²) < 4.78 is 61.2. The first-order chi connectivity index (χ1) is 24.3. The average molecular weight is 752 g/mol. The summed E-state index contributed by atoms with van der Waals surface area (Å²) in [6.45, 7) is 6.23. The second-order valence-corrected chi connectivity index (χ2v) is 16.9. The molecule has 4 heterocycles. The van der Waals surface area contributed by atoms with Crippen molar-refractivity contribution < 1.29 is 31.3 Å². The summed E-state index contributed by atoms with van der Waals surface area (Å²) in [4.78, 5) is 32.9.